The van der Waals surface area contributed by atoms with Gasteiger partial charge in [0.2, 0.25) is 0 Å². The Hall–Kier alpha value is -2.08. The van der Waals surface area contributed by atoms with Crippen LogP contribution in [0.1, 0.15) is 10.4 Å². The number of ether oxygens (including phenoxy) is 2. The topological polar surface area (TPSA) is 60.5 Å². The van der Waals surface area contributed by atoms with Crippen LogP contribution in [0.2, 0.25) is 0 Å². The largest absolute Gasteiger partial charge is 0.493 e. The molecule has 1 heterocycles. The molecule has 6 heteroatoms. The number of methoxy groups -OCH3 is 2. The second-order valence-corrected chi connectivity index (χ2v) is 4.77. The summed E-state index contributed by atoms with van der Waals surface area (Å²) in [7, 11) is 3.02. The Bertz CT molecular complexity index is 614. The van der Waals surface area contributed by atoms with Gasteiger partial charge in [-0.3, -0.25) is 4.79 Å². The van der Waals surface area contributed by atoms with E-state index in [4.69, 9.17) is 9.47 Å². The number of halogens is 1. The molecule has 0 aliphatic rings. The maximum Gasteiger partial charge on any atom is 0.260 e. The number of para-hydroxylation sites is 1. The van der Waals surface area contributed by atoms with E-state index in [9.17, 15) is 4.79 Å². The lowest BCUT2D eigenvalue weighted by Gasteiger charge is -2.12. The molecule has 0 atom stereocenters. The molecule has 0 saturated carbocycles. The monoisotopic (exact) mass is 336 g/mol. The molecule has 0 saturated heterocycles. The van der Waals surface area contributed by atoms with Crippen LogP contribution in [0.3, 0.4) is 0 Å². The van der Waals surface area contributed by atoms with Gasteiger partial charge in [0.15, 0.2) is 11.5 Å². The number of nitrogens with one attached hydrogen (secondary N) is 1. The molecule has 1 N–H and O–H groups in total. The molecule has 0 unspecified atom stereocenters. The highest BCUT2D eigenvalue weighted by molar-refractivity contribution is 9.10. The van der Waals surface area contributed by atoms with Crippen molar-refractivity contribution in [3.8, 4) is 11.5 Å². The predicted octanol–water partition coefficient (Wildman–Crippen LogP) is 3.11. The molecule has 1 aromatic carbocycles. The van der Waals surface area contributed by atoms with Crippen molar-refractivity contribution in [2.45, 2.75) is 0 Å². The van der Waals surface area contributed by atoms with E-state index in [1.54, 1.807) is 36.5 Å². The average molecular weight is 337 g/mol. The Labute approximate surface area is 125 Å². The molecule has 0 fully saturated rings. The zero-order valence-corrected chi connectivity index (χ0v) is 12.6. The van der Waals surface area contributed by atoms with Crippen LogP contribution in [0.25, 0.3) is 0 Å². The minimum absolute atomic E-state index is 0.310. The maximum absolute atomic E-state index is 12.2. The number of hydrogen-bond donors (Lipinski definition) is 1. The predicted molar refractivity (Wildman–Crippen MR) is 79.4 cm³/mol. The van der Waals surface area contributed by atoms with Gasteiger partial charge < -0.3 is 14.8 Å². The second kappa shape index (κ2) is 6.38. The molecule has 0 spiro atoms. The van der Waals surface area contributed by atoms with Crippen LogP contribution in [0.5, 0.6) is 11.5 Å². The zero-order valence-electron chi connectivity index (χ0n) is 11.0. The highest BCUT2D eigenvalue weighted by Crippen LogP contribution is 2.31. The Balaban J connectivity index is 2.27. The summed E-state index contributed by atoms with van der Waals surface area (Å²) in [6, 6.07) is 8.62. The summed E-state index contributed by atoms with van der Waals surface area (Å²) < 4.78 is 11.2. The Morgan fingerprint density at radius 3 is 2.60 bits per heavy atom. The van der Waals surface area contributed by atoms with Gasteiger partial charge in [-0.05, 0) is 40.2 Å². The van der Waals surface area contributed by atoms with Crippen molar-refractivity contribution in [1.29, 1.82) is 0 Å². The summed E-state index contributed by atoms with van der Waals surface area (Å²) in [5.74, 6) is 1.05. The summed E-state index contributed by atoms with van der Waals surface area (Å²) >= 11 is 3.29. The molecular weight excluding hydrogens is 324 g/mol. The zero-order chi connectivity index (χ0) is 14.5. The number of aromatic nitrogens is 1. The van der Waals surface area contributed by atoms with Crippen molar-refractivity contribution in [3.05, 3.63) is 46.6 Å². The Kier molecular flexibility index (Phi) is 4.57. The van der Waals surface area contributed by atoms with E-state index < -0.39 is 0 Å². The van der Waals surface area contributed by atoms with Crippen molar-refractivity contribution in [1.82, 2.24) is 4.98 Å². The number of anilines is 1. The summed E-state index contributed by atoms with van der Waals surface area (Å²) in [6.07, 6.45) is 1.61. The molecule has 5 nitrogen and oxygen atoms in total. The van der Waals surface area contributed by atoms with Crippen LogP contribution in [0, 0.1) is 0 Å². The minimum Gasteiger partial charge on any atom is -0.493 e. The first kappa shape index (κ1) is 14.3. The van der Waals surface area contributed by atoms with Gasteiger partial charge in [-0.2, -0.15) is 0 Å². The minimum atomic E-state index is -0.310. The third-order valence-corrected chi connectivity index (χ3v) is 3.09. The number of pyridine rings is 1. The standard InChI is InChI=1S/C14H13BrN2O3/c1-19-11-5-3-4-10(13(11)20-2)14(18)17-12-7-6-9(15)8-16-12/h3-8H,1-2H3,(H,16,17,18). The highest BCUT2D eigenvalue weighted by atomic mass is 79.9. The fourth-order valence-electron chi connectivity index (χ4n) is 1.70. The number of benzene rings is 1. The third-order valence-electron chi connectivity index (χ3n) is 2.62. The molecule has 2 aromatic rings. The van der Waals surface area contributed by atoms with Gasteiger partial charge in [0, 0.05) is 10.7 Å². The highest BCUT2D eigenvalue weighted by Gasteiger charge is 2.16. The molecule has 0 aliphatic heterocycles. The van der Waals surface area contributed by atoms with Crippen molar-refractivity contribution >= 4 is 27.7 Å². The lowest BCUT2D eigenvalue weighted by molar-refractivity contribution is 0.102. The molecule has 1 amide bonds. The first-order valence-electron chi connectivity index (χ1n) is 5.79. The van der Waals surface area contributed by atoms with E-state index >= 15 is 0 Å². The van der Waals surface area contributed by atoms with Crippen molar-refractivity contribution < 1.29 is 14.3 Å². The van der Waals surface area contributed by atoms with E-state index in [-0.39, 0.29) is 5.91 Å². The van der Waals surface area contributed by atoms with Gasteiger partial charge in [-0.15, -0.1) is 0 Å². The first-order valence-corrected chi connectivity index (χ1v) is 6.59. The number of carbonyl (C=O) groups excluding carboxylic acids is 1. The fourth-order valence-corrected chi connectivity index (χ4v) is 1.93. The van der Waals surface area contributed by atoms with E-state index in [1.807, 2.05) is 0 Å². The van der Waals surface area contributed by atoms with Crippen LogP contribution in [0.4, 0.5) is 5.82 Å². The van der Waals surface area contributed by atoms with E-state index in [0.29, 0.717) is 22.9 Å². The molecule has 20 heavy (non-hydrogen) atoms. The van der Waals surface area contributed by atoms with Crippen LogP contribution in [-0.4, -0.2) is 25.1 Å². The number of amides is 1. The quantitative estimate of drug-likeness (QED) is 0.931. The maximum atomic E-state index is 12.2. The van der Waals surface area contributed by atoms with Gasteiger partial charge in [0.1, 0.15) is 5.82 Å². The normalized spacial score (nSPS) is 9.95. The van der Waals surface area contributed by atoms with E-state index in [1.165, 1.54) is 14.2 Å². The summed E-state index contributed by atoms with van der Waals surface area (Å²) in [5.41, 5.74) is 0.386. The van der Waals surface area contributed by atoms with Gasteiger partial charge >= 0.3 is 0 Å². The average Bonchev–Trinajstić information content (AvgIpc) is 2.48. The van der Waals surface area contributed by atoms with Gasteiger partial charge in [0.05, 0.1) is 19.8 Å². The summed E-state index contributed by atoms with van der Waals surface area (Å²) in [4.78, 5) is 16.3. The smallest absolute Gasteiger partial charge is 0.260 e. The molecule has 0 bridgehead atoms. The summed E-state index contributed by atoms with van der Waals surface area (Å²) in [5, 5.41) is 2.71. The van der Waals surface area contributed by atoms with Crippen LogP contribution < -0.4 is 14.8 Å². The molecule has 104 valence electrons. The molecular formula is C14H13BrN2O3. The number of carbonyl (C=O) groups is 1. The molecule has 1 aromatic heterocycles. The second-order valence-electron chi connectivity index (χ2n) is 3.86. The number of hydrogen-bond acceptors (Lipinski definition) is 4. The van der Waals surface area contributed by atoms with E-state index in [0.717, 1.165) is 4.47 Å². The Morgan fingerprint density at radius 1 is 1.20 bits per heavy atom. The molecule has 0 radical (unpaired) electrons. The van der Waals surface area contributed by atoms with Gasteiger partial charge in [-0.25, -0.2) is 4.98 Å². The van der Waals surface area contributed by atoms with Crippen molar-refractivity contribution in [3.63, 3.8) is 0 Å². The van der Waals surface area contributed by atoms with Crippen molar-refractivity contribution in [2.75, 3.05) is 19.5 Å². The first-order chi connectivity index (χ1) is 9.65. The Morgan fingerprint density at radius 2 is 2.00 bits per heavy atom. The van der Waals surface area contributed by atoms with Crippen LogP contribution in [0.15, 0.2) is 41.0 Å². The van der Waals surface area contributed by atoms with Gasteiger partial charge in [0.25, 0.3) is 5.91 Å². The lowest BCUT2D eigenvalue weighted by Crippen LogP contribution is -2.14. The number of rotatable bonds is 4. The van der Waals surface area contributed by atoms with E-state index in [2.05, 4.69) is 26.2 Å². The molecule has 0 aliphatic carbocycles. The summed E-state index contributed by atoms with van der Waals surface area (Å²) in [6.45, 7) is 0. The lowest BCUT2D eigenvalue weighted by atomic mass is 10.1. The fraction of sp³-hybridized carbons (Fsp3) is 0.143. The van der Waals surface area contributed by atoms with Gasteiger partial charge in [-0.1, -0.05) is 6.07 Å². The van der Waals surface area contributed by atoms with Crippen LogP contribution >= 0.6 is 15.9 Å². The number of nitrogens with zero attached hydrogens (tertiary/aromatic N) is 1. The third kappa shape index (κ3) is 3.08. The van der Waals surface area contributed by atoms with Crippen molar-refractivity contribution in [2.24, 2.45) is 0 Å². The van der Waals surface area contributed by atoms with Crippen LogP contribution in [-0.2, 0) is 0 Å². The SMILES string of the molecule is COc1cccc(C(=O)Nc2ccc(Br)cn2)c1OC. The molecule has 2 rings (SSSR count).